The zero-order valence-corrected chi connectivity index (χ0v) is 12.0. The molecule has 1 aliphatic carbocycles. The lowest BCUT2D eigenvalue weighted by molar-refractivity contribution is -0.127. The number of nitrogens with two attached hydrogens (primary N) is 1. The summed E-state index contributed by atoms with van der Waals surface area (Å²) in [5.41, 5.74) is 5.69. The van der Waals surface area contributed by atoms with Crippen molar-refractivity contribution in [2.45, 2.75) is 44.6 Å². The van der Waals surface area contributed by atoms with E-state index in [0.717, 1.165) is 25.7 Å². The van der Waals surface area contributed by atoms with E-state index in [9.17, 15) is 14.0 Å². The fourth-order valence-corrected chi connectivity index (χ4v) is 2.84. The Labute approximate surface area is 123 Å². The van der Waals surface area contributed by atoms with Crippen LogP contribution in [0.5, 0.6) is 0 Å². The van der Waals surface area contributed by atoms with Gasteiger partial charge in [0.05, 0.1) is 0 Å². The highest BCUT2D eigenvalue weighted by Crippen LogP contribution is 2.27. The molecule has 0 saturated heterocycles. The van der Waals surface area contributed by atoms with Gasteiger partial charge in [-0.1, -0.05) is 31.0 Å². The Morgan fingerprint density at radius 1 is 1.29 bits per heavy atom. The van der Waals surface area contributed by atoms with Gasteiger partial charge >= 0.3 is 0 Å². The van der Waals surface area contributed by atoms with Crippen LogP contribution >= 0.6 is 0 Å². The molecule has 1 aromatic carbocycles. The van der Waals surface area contributed by atoms with Gasteiger partial charge < -0.3 is 11.1 Å². The van der Waals surface area contributed by atoms with E-state index in [-0.39, 0.29) is 12.3 Å². The minimum atomic E-state index is -0.865. The van der Waals surface area contributed by atoms with Crippen molar-refractivity contribution >= 4 is 11.8 Å². The molecule has 0 bridgehead atoms. The van der Waals surface area contributed by atoms with Crippen LogP contribution in [-0.2, 0) is 16.0 Å². The van der Waals surface area contributed by atoms with Gasteiger partial charge in [-0.3, -0.25) is 9.59 Å². The molecule has 2 rings (SSSR count). The molecule has 1 fully saturated rings. The maximum absolute atomic E-state index is 13.6. The van der Waals surface area contributed by atoms with Crippen LogP contribution in [-0.4, -0.2) is 17.9 Å². The molecular formula is C16H21FN2O2. The van der Waals surface area contributed by atoms with E-state index in [1.54, 1.807) is 18.2 Å². The molecule has 21 heavy (non-hydrogen) atoms. The number of rotatable bonds is 6. The average molecular weight is 292 g/mol. The zero-order chi connectivity index (χ0) is 15.2. The topological polar surface area (TPSA) is 72.2 Å². The second-order valence-corrected chi connectivity index (χ2v) is 5.67. The van der Waals surface area contributed by atoms with Crippen molar-refractivity contribution in [1.82, 2.24) is 5.32 Å². The summed E-state index contributed by atoms with van der Waals surface area (Å²) < 4.78 is 13.6. The largest absolute Gasteiger partial charge is 0.368 e. The molecule has 4 nitrogen and oxygen atoms in total. The van der Waals surface area contributed by atoms with Crippen molar-refractivity contribution in [2.75, 3.05) is 0 Å². The molecule has 2 amide bonds. The second kappa shape index (κ2) is 7.20. The number of amides is 2. The molecule has 5 heteroatoms. The third-order valence-electron chi connectivity index (χ3n) is 4.01. The molecule has 114 valence electrons. The van der Waals surface area contributed by atoms with Crippen molar-refractivity contribution in [3.63, 3.8) is 0 Å². The molecule has 0 aromatic heterocycles. The highest BCUT2D eigenvalue weighted by Gasteiger charge is 2.23. The predicted octanol–water partition coefficient (Wildman–Crippen LogP) is 1.92. The van der Waals surface area contributed by atoms with Gasteiger partial charge in [0, 0.05) is 12.8 Å². The third kappa shape index (κ3) is 4.55. The van der Waals surface area contributed by atoms with Gasteiger partial charge in [-0.15, -0.1) is 0 Å². The minimum Gasteiger partial charge on any atom is -0.368 e. The highest BCUT2D eigenvalue weighted by atomic mass is 19.1. The monoisotopic (exact) mass is 292 g/mol. The van der Waals surface area contributed by atoms with E-state index in [1.165, 1.54) is 6.07 Å². The first kappa shape index (κ1) is 15.5. The van der Waals surface area contributed by atoms with E-state index in [2.05, 4.69) is 5.32 Å². The van der Waals surface area contributed by atoms with Crippen LogP contribution in [0.4, 0.5) is 4.39 Å². The fourth-order valence-electron chi connectivity index (χ4n) is 2.84. The SMILES string of the molecule is NC(=O)[C@H](Cc1ccccc1F)NC(=O)CC1CCCC1. The molecule has 3 N–H and O–H groups in total. The van der Waals surface area contributed by atoms with Crippen molar-refractivity contribution in [2.24, 2.45) is 11.7 Å². The van der Waals surface area contributed by atoms with Gasteiger partial charge in [0.1, 0.15) is 11.9 Å². The number of halogens is 1. The number of hydrogen-bond acceptors (Lipinski definition) is 2. The lowest BCUT2D eigenvalue weighted by Gasteiger charge is -2.17. The van der Waals surface area contributed by atoms with E-state index >= 15 is 0 Å². The van der Waals surface area contributed by atoms with Gasteiger partial charge in [0.15, 0.2) is 0 Å². The maximum atomic E-state index is 13.6. The molecular weight excluding hydrogens is 271 g/mol. The Kier molecular flexibility index (Phi) is 5.31. The van der Waals surface area contributed by atoms with Gasteiger partial charge in [0.25, 0.3) is 0 Å². The lowest BCUT2D eigenvalue weighted by Crippen LogP contribution is -2.46. The summed E-state index contributed by atoms with van der Waals surface area (Å²) in [5, 5.41) is 2.64. The third-order valence-corrected chi connectivity index (χ3v) is 4.01. The highest BCUT2D eigenvalue weighted by molar-refractivity contribution is 5.86. The molecule has 1 aliphatic rings. The first-order valence-electron chi connectivity index (χ1n) is 7.38. The molecule has 0 heterocycles. The standard InChI is InChI=1S/C16H21FN2O2/c17-13-8-4-3-7-12(13)10-14(16(18)21)19-15(20)9-11-5-1-2-6-11/h3-4,7-8,11,14H,1-2,5-6,9-10H2,(H2,18,21)(H,19,20)/t14-/m0/s1. The van der Waals surface area contributed by atoms with Gasteiger partial charge in [-0.25, -0.2) is 4.39 Å². The second-order valence-electron chi connectivity index (χ2n) is 5.67. The smallest absolute Gasteiger partial charge is 0.240 e. The van der Waals surface area contributed by atoms with Crippen LogP contribution < -0.4 is 11.1 Å². The molecule has 1 atom stereocenters. The fraction of sp³-hybridized carbons (Fsp3) is 0.500. The van der Waals surface area contributed by atoms with Crippen LogP contribution in [0.1, 0.15) is 37.7 Å². The predicted molar refractivity (Wildman–Crippen MR) is 77.8 cm³/mol. The summed E-state index contributed by atoms with van der Waals surface area (Å²) in [6.45, 7) is 0. The average Bonchev–Trinajstić information content (AvgIpc) is 2.93. The Morgan fingerprint density at radius 2 is 1.95 bits per heavy atom. The van der Waals surface area contributed by atoms with Crippen LogP contribution in [0.25, 0.3) is 0 Å². The Hall–Kier alpha value is -1.91. The summed E-state index contributed by atoms with van der Waals surface area (Å²) in [4.78, 5) is 23.4. The van der Waals surface area contributed by atoms with Gasteiger partial charge in [0.2, 0.25) is 11.8 Å². The normalized spacial score (nSPS) is 16.6. The number of carbonyl (C=O) groups excluding carboxylic acids is 2. The first-order valence-corrected chi connectivity index (χ1v) is 7.38. The summed E-state index contributed by atoms with van der Waals surface area (Å²) in [5.74, 6) is -0.819. The number of carbonyl (C=O) groups is 2. The summed E-state index contributed by atoms with van der Waals surface area (Å²) in [6, 6.07) is 5.33. The Bertz CT molecular complexity index is 513. The number of benzene rings is 1. The maximum Gasteiger partial charge on any atom is 0.240 e. The molecule has 0 unspecified atom stereocenters. The number of nitrogens with one attached hydrogen (secondary N) is 1. The first-order chi connectivity index (χ1) is 10.1. The Balaban J connectivity index is 1.94. The Morgan fingerprint density at radius 3 is 2.57 bits per heavy atom. The zero-order valence-electron chi connectivity index (χ0n) is 12.0. The van der Waals surface area contributed by atoms with E-state index < -0.39 is 17.8 Å². The van der Waals surface area contributed by atoms with Crippen molar-refractivity contribution in [3.8, 4) is 0 Å². The summed E-state index contributed by atoms with van der Waals surface area (Å²) >= 11 is 0. The van der Waals surface area contributed by atoms with Crippen LogP contribution in [0.15, 0.2) is 24.3 Å². The van der Waals surface area contributed by atoms with Crippen LogP contribution in [0.2, 0.25) is 0 Å². The van der Waals surface area contributed by atoms with Crippen molar-refractivity contribution in [1.29, 1.82) is 0 Å². The van der Waals surface area contributed by atoms with Crippen LogP contribution in [0.3, 0.4) is 0 Å². The van der Waals surface area contributed by atoms with E-state index in [0.29, 0.717) is 17.9 Å². The van der Waals surface area contributed by atoms with Gasteiger partial charge in [-0.2, -0.15) is 0 Å². The van der Waals surface area contributed by atoms with Crippen molar-refractivity contribution in [3.05, 3.63) is 35.6 Å². The van der Waals surface area contributed by atoms with E-state index in [4.69, 9.17) is 5.73 Å². The van der Waals surface area contributed by atoms with Gasteiger partial charge in [-0.05, 0) is 30.4 Å². The molecule has 1 aromatic rings. The molecule has 1 saturated carbocycles. The quantitative estimate of drug-likeness (QED) is 0.840. The lowest BCUT2D eigenvalue weighted by atomic mass is 10.0. The van der Waals surface area contributed by atoms with Crippen molar-refractivity contribution < 1.29 is 14.0 Å². The summed E-state index contributed by atoms with van der Waals surface area (Å²) in [6.07, 6.45) is 4.93. The molecule has 0 radical (unpaired) electrons. The number of hydrogen-bond donors (Lipinski definition) is 2. The molecule has 0 spiro atoms. The van der Waals surface area contributed by atoms with Crippen LogP contribution in [0, 0.1) is 11.7 Å². The molecule has 0 aliphatic heterocycles. The number of primary amides is 1. The van der Waals surface area contributed by atoms with E-state index in [1.807, 2.05) is 0 Å². The summed E-state index contributed by atoms with van der Waals surface area (Å²) in [7, 11) is 0. The minimum absolute atomic E-state index is 0.0818.